The van der Waals surface area contributed by atoms with Gasteiger partial charge in [-0.1, -0.05) is 35.9 Å². The predicted octanol–water partition coefficient (Wildman–Crippen LogP) is 3.69. The van der Waals surface area contributed by atoms with Crippen LogP contribution in [0.3, 0.4) is 0 Å². The molecule has 0 bridgehead atoms. The number of ether oxygens (including phenoxy) is 2. The van der Waals surface area contributed by atoms with Gasteiger partial charge in [-0.15, -0.1) is 0 Å². The SMILES string of the molecule is O=C(O)/C(=C/c1cccc2c1OCO2)c1ccc(Cl)cc1. The molecule has 1 heterocycles. The molecular formula is C16H11ClO4. The van der Waals surface area contributed by atoms with Crippen molar-refractivity contribution in [2.45, 2.75) is 0 Å². The quantitative estimate of drug-likeness (QED) is 0.694. The van der Waals surface area contributed by atoms with E-state index in [4.69, 9.17) is 21.1 Å². The topological polar surface area (TPSA) is 55.8 Å². The molecule has 0 spiro atoms. The molecule has 0 fully saturated rings. The van der Waals surface area contributed by atoms with E-state index < -0.39 is 5.97 Å². The van der Waals surface area contributed by atoms with E-state index in [0.29, 0.717) is 27.6 Å². The molecule has 0 aliphatic carbocycles. The lowest BCUT2D eigenvalue weighted by molar-refractivity contribution is -0.130. The van der Waals surface area contributed by atoms with Gasteiger partial charge in [-0.05, 0) is 29.8 Å². The number of hydrogen-bond donors (Lipinski definition) is 1. The smallest absolute Gasteiger partial charge is 0.336 e. The van der Waals surface area contributed by atoms with Crippen LogP contribution in [0.5, 0.6) is 11.5 Å². The summed E-state index contributed by atoms with van der Waals surface area (Å²) in [6.07, 6.45) is 1.57. The molecule has 1 N–H and O–H groups in total. The van der Waals surface area contributed by atoms with Crippen LogP contribution in [0.4, 0.5) is 0 Å². The average molecular weight is 303 g/mol. The molecule has 5 heteroatoms. The number of hydrogen-bond acceptors (Lipinski definition) is 3. The van der Waals surface area contributed by atoms with Gasteiger partial charge in [-0.3, -0.25) is 0 Å². The first-order valence-electron chi connectivity index (χ1n) is 6.25. The molecule has 0 amide bonds. The van der Waals surface area contributed by atoms with Crippen LogP contribution in [0.1, 0.15) is 11.1 Å². The molecule has 21 heavy (non-hydrogen) atoms. The summed E-state index contributed by atoms with van der Waals surface area (Å²) in [6.45, 7) is 0.142. The monoisotopic (exact) mass is 302 g/mol. The van der Waals surface area contributed by atoms with E-state index in [1.165, 1.54) is 0 Å². The molecule has 2 aromatic carbocycles. The largest absolute Gasteiger partial charge is 0.478 e. The van der Waals surface area contributed by atoms with Crippen LogP contribution in [-0.4, -0.2) is 17.9 Å². The lowest BCUT2D eigenvalue weighted by Crippen LogP contribution is -2.00. The summed E-state index contributed by atoms with van der Waals surface area (Å²) >= 11 is 5.83. The number of aliphatic carboxylic acids is 1. The Bertz CT molecular complexity index is 720. The zero-order valence-electron chi connectivity index (χ0n) is 10.9. The third-order valence-electron chi connectivity index (χ3n) is 3.11. The van der Waals surface area contributed by atoms with Crippen LogP contribution >= 0.6 is 11.6 Å². The number of halogens is 1. The first-order chi connectivity index (χ1) is 10.1. The van der Waals surface area contributed by atoms with Crippen molar-refractivity contribution in [3.63, 3.8) is 0 Å². The normalized spacial score (nSPS) is 13.3. The van der Waals surface area contributed by atoms with Gasteiger partial charge in [0, 0.05) is 10.6 Å². The van der Waals surface area contributed by atoms with Crippen LogP contribution in [0.25, 0.3) is 11.6 Å². The van der Waals surface area contributed by atoms with Crippen LogP contribution in [-0.2, 0) is 4.79 Å². The molecule has 1 aliphatic heterocycles. The van der Waals surface area contributed by atoms with E-state index in [-0.39, 0.29) is 12.4 Å². The van der Waals surface area contributed by atoms with Crippen molar-refractivity contribution in [2.24, 2.45) is 0 Å². The van der Waals surface area contributed by atoms with Crippen molar-refractivity contribution in [1.29, 1.82) is 0 Å². The van der Waals surface area contributed by atoms with Gasteiger partial charge in [0.15, 0.2) is 11.5 Å². The van der Waals surface area contributed by atoms with E-state index in [0.717, 1.165) is 0 Å². The Morgan fingerprint density at radius 2 is 1.90 bits per heavy atom. The van der Waals surface area contributed by atoms with Crippen LogP contribution in [0.15, 0.2) is 42.5 Å². The molecule has 0 unspecified atom stereocenters. The second-order valence-electron chi connectivity index (χ2n) is 4.45. The number of carboxylic acid groups (broad SMARTS) is 1. The van der Waals surface area contributed by atoms with Gasteiger partial charge in [-0.2, -0.15) is 0 Å². The molecule has 0 aromatic heterocycles. The summed E-state index contributed by atoms with van der Waals surface area (Å²) in [6, 6.07) is 12.0. The van der Waals surface area contributed by atoms with Crippen LogP contribution in [0.2, 0.25) is 5.02 Å². The van der Waals surface area contributed by atoms with Gasteiger partial charge in [0.05, 0.1) is 5.57 Å². The minimum absolute atomic E-state index is 0.142. The van der Waals surface area contributed by atoms with Crippen molar-refractivity contribution in [3.05, 3.63) is 58.6 Å². The van der Waals surface area contributed by atoms with Gasteiger partial charge in [-0.25, -0.2) is 4.79 Å². The fourth-order valence-electron chi connectivity index (χ4n) is 2.12. The highest BCUT2D eigenvalue weighted by molar-refractivity contribution is 6.30. The van der Waals surface area contributed by atoms with Crippen molar-refractivity contribution in [2.75, 3.05) is 6.79 Å². The summed E-state index contributed by atoms with van der Waals surface area (Å²) in [7, 11) is 0. The number of carboxylic acids is 1. The number of benzene rings is 2. The Hall–Kier alpha value is -2.46. The maximum absolute atomic E-state index is 11.5. The van der Waals surface area contributed by atoms with Gasteiger partial charge in [0.25, 0.3) is 0 Å². The predicted molar refractivity (Wildman–Crippen MR) is 79.5 cm³/mol. The standard InChI is InChI=1S/C16H11ClO4/c17-12-6-4-10(5-7-12)13(16(18)19)8-11-2-1-3-14-15(11)21-9-20-14/h1-8H,9H2,(H,18,19)/b13-8+. The lowest BCUT2D eigenvalue weighted by atomic mass is 10.0. The Kier molecular flexibility index (Phi) is 3.54. The Morgan fingerprint density at radius 1 is 1.14 bits per heavy atom. The fraction of sp³-hybridized carbons (Fsp3) is 0.0625. The van der Waals surface area contributed by atoms with Gasteiger partial charge in [0.2, 0.25) is 6.79 Å². The number of carbonyl (C=O) groups is 1. The summed E-state index contributed by atoms with van der Waals surface area (Å²) in [5.41, 5.74) is 1.40. The molecule has 106 valence electrons. The zero-order chi connectivity index (χ0) is 14.8. The zero-order valence-corrected chi connectivity index (χ0v) is 11.6. The maximum atomic E-state index is 11.5. The minimum atomic E-state index is -1.02. The molecule has 2 aromatic rings. The number of para-hydroxylation sites is 1. The Labute approximate surface area is 126 Å². The summed E-state index contributed by atoms with van der Waals surface area (Å²) in [5, 5.41) is 9.99. The summed E-state index contributed by atoms with van der Waals surface area (Å²) < 4.78 is 10.7. The Balaban J connectivity index is 2.08. The first-order valence-corrected chi connectivity index (χ1v) is 6.62. The molecule has 0 radical (unpaired) electrons. The number of rotatable bonds is 3. The maximum Gasteiger partial charge on any atom is 0.336 e. The van der Waals surface area contributed by atoms with E-state index in [1.807, 2.05) is 0 Å². The Morgan fingerprint density at radius 3 is 2.62 bits per heavy atom. The van der Waals surface area contributed by atoms with Crippen LogP contribution < -0.4 is 9.47 Å². The number of fused-ring (bicyclic) bond motifs is 1. The molecule has 0 atom stereocenters. The average Bonchev–Trinajstić information content (AvgIpc) is 2.95. The second-order valence-corrected chi connectivity index (χ2v) is 4.89. The van der Waals surface area contributed by atoms with Gasteiger partial charge in [0.1, 0.15) is 0 Å². The summed E-state index contributed by atoms with van der Waals surface area (Å²) in [5.74, 6) is 0.156. The van der Waals surface area contributed by atoms with E-state index in [1.54, 1.807) is 48.5 Å². The summed E-state index contributed by atoms with van der Waals surface area (Å²) in [4.78, 5) is 11.5. The third-order valence-corrected chi connectivity index (χ3v) is 3.36. The second kappa shape index (κ2) is 5.50. The van der Waals surface area contributed by atoms with E-state index >= 15 is 0 Å². The van der Waals surface area contributed by atoms with Gasteiger partial charge < -0.3 is 14.6 Å². The van der Waals surface area contributed by atoms with Crippen molar-refractivity contribution in [1.82, 2.24) is 0 Å². The molecule has 1 aliphatic rings. The van der Waals surface area contributed by atoms with Gasteiger partial charge >= 0.3 is 5.97 Å². The van der Waals surface area contributed by atoms with Crippen molar-refractivity contribution in [3.8, 4) is 11.5 Å². The highest BCUT2D eigenvalue weighted by Gasteiger charge is 2.18. The minimum Gasteiger partial charge on any atom is -0.478 e. The molecule has 4 nitrogen and oxygen atoms in total. The molecule has 0 saturated heterocycles. The highest BCUT2D eigenvalue weighted by Crippen LogP contribution is 2.37. The third kappa shape index (κ3) is 2.71. The van der Waals surface area contributed by atoms with E-state index in [2.05, 4.69) is 0 Å². The molecular weight excluding hydrogens is 292 g/mol. The molecule has 0 saturated carbocycles. The van der Waals surface area contributed by atoms with Crippen molar-refractivity contribution >= 4 is 29.2 Å². The van der Waals surface area contributed by atoms with E-state index in [9.17, 15) is 9.90 Å². The highest BCUT2D eigenvalue weighted by atomic mass is 35.5. The molecule has 3 rings (SSSR count). The van der Waals surface area contributed by atoms with Crippen molar-refractivity contribution < 1.29 is 19.4 Å². The first kappa shape index (κ1) is 13.5. The fourth-order valence-corrected chi connectivity index (χ4v) is 2.25. The van der Waals surface area contributed by atoms with Crippen LogP contribution in [0, 0.1) is 0 Å². The lowest BCUT2D eigenvalue weighted by Gasteiger charge is -2.05.